The normalized spacial score (nSPS) is 20.0. The summed E-state index contributed by atoms with van der Waals surface area (Å²) in [6.07, 6.45) is 3.27. The van der Waals surface area contributed by atoms with Crippen LogP contribution in [0, 0.1) is 13.8 Å². The monoisotopic (exact) mass is 496 g/mol. The fourth-order valence-electron chi connectivity index (χ4n) is 5.48. The van der Waals surface area contributed by atoms with Crippen molar-refractivity contribution in [1.82, 2.24) is 14.8 Å². The van der Waals surface area contributed by atoms with E-state index in [4.69, 9.17) is 0 Å². The van der Waals surface area contributed by atoms with Crippen molar-refractivity contribution in [3.8, 4) is 0 Å². The number of piperazine rings is 1. The number of hydrogen-bond acceptors (Lipinski definition) is 5. The molecule has 0 radical (unpaired) electrons. The van der Waals surface area contributed by atoms with Crippen molar-refractivity contribution < 1.29 is 14.4 Å². The number of amides is 3. The highest BCUT2D eigenvalue weighted by Gasteiger charge is 2.54. The average molecular weight is 497 g/mol. The summed E-state index contributed by atoms with van der Waals surface area (Å²) in [5, 5.41) is 0. The maximum absolute atomic E-state index is 13.9. The van der Waals surface area contributed by atoms with Crippen molar-refractivity contribution >= 4 is 23.4 Å². The number of carbonyl (C=O) groups excluding carboxylic acids is 3. The number of likely N-dealkylation sites (tertiary alicyclic amines) is 1. The van der Waals surface area contributed by atoms with Crippen LogP contribution in [0.3, 0.4) is 0 Å². The number of aromatic nitrogens is 1. The third-order valence-corrected chi connectivity index (χ3v) is 7.62. The zero-order chi connectivity index (χ0) is 26.0. The predicted octanol–water partition coefficient (Wildman–Crippen LogP) is 3.63. The highest BCUT2D eigenvalue weighted by Crippen LogP contribution is 2.41. The molecule has 2 aliphatic rings. The molecule has 1 atom stereocenters. The lowest BCUT2D eigenvalue weighted by Gasteiger charge is -2.38. The Labute approximate surface area is 217 Å². The van der Waals surface area contributed by atoms with Crippen molar-refractivity contribution in [2.45, 2.75) is 38.6 Å². The highest BCUT2D eigenvalue weighted by atomic mass is 16.2. The zero-order valence-corrected chi connectivity index (χ0v) is 21.4. The number of hydrogen-bond donors (Lipinski definition) is 0. The molecule has 2 aromatic carbocycles. The number of aryl methyl sites for hydroxylation is 2. The number of imide groups is 1. The molecule has 7 nitrogen and oxygen atoms in total. The molecular formula is C30H32N4O3. The second kappa shape index (κ2) is 10.2. The van der Waals surface area contributed by atoms with E-state index in [1.165, 1.54) is 21.7 Å². The van der Waals surface area contributed by atoms with Crippen molar-refractivity contribution in [2.24, 2.45) is 0 Å². The summed E-state index contributed by atoms with van der Waals surface area (Å²) in [6, 6.07) is 19.3. The lowest BCUT2D eigenvalue weighted by Crippen LogP contribution is -2.51. The van der Waals surface area contributed by atoms with E-state index in [2.05, 4.69) is 41.9 Å². The summed E-state index contributed by atoms with van der Waals surface area (Å²) in [7, 11) is 0. The van der Waals surface area contributed by atoms with Gasteiger partial charge in [-0.1, -0.05) is 42.5 Å². The Morgan fingerprint density at radius 2 is 1.62 bits per heavy atom. The molecule has 3 heterocycles. The van der Waals surface area contributed by atoms with Gasteiger partial charge in [0.25, 0.3) is 0 Å². The summed E-state index contributed by atoms with van der Waals surface area (Å²) >= 11 is 0. The van der Waals surface area contributed by atoms with Gasteiger partial charge in [-0.15, -0.1) is 0 Å². The lowest BCUT2D eigenvalue weighted by atomic mass is 9.75. The van der Waals surface area contributed by atoms with Gasteiger partial charge in [-0.05, 0) is 54.3 Å². The first-order valence-electron chi connectivity index (χ1n) is 12.8. The van der Waals surface area contributed by atoms with Crippen LogP contribution in [0.2, 0.25) is 0 Å². The van der Waals surface area contributed by atoms with Crippen LogP contribution in [0.25, 0.3) is 0 Å². The summed E-state index contributed by atoms with van der Waals surface area (Å²) in [6.45, 7) is 7.00. The SMILES string of the molecule is Cc1ccc(C)c(N2CCN(C(=O)CC3(c4ccccc4)CC(=O)N(Cc4ccncc4)C3=O)CC2)c1. The highest BCUT2D eigenvalue weighted by molar-refractivity contribution is 6.10. The molecule has 37 heavy (non-hydrogen) atoms. The molecule has 2 aliphatic heterocycles. The molecule has 2 saturated heterocycles. The molecule has 3 aromatic rings. The van der Waals surface area contributed by atoms with Crippen molar-refractivity contribution in [3.63, 3.8) is 0 Å². The molecule has 1 aromatic heterocycles. The van der Waals surface area contributed by atoms with Gasteiger partial charge < -0.3 is 9.80 Å². The van der Waals surface area contributed by atoms with Crippen LogP contribution in [0.5, 0.6) is 0 Å². The van der Waals surface area contributed by atoms with Crippen molar-refractivity contribution in [1.29, 1.82) is 0 Å². The lowest BCUT2D eigenvalue weighted by molar-refractivity contribution is -0.143. The standard InChI is InChI=1S/C30H32N4O3/c1-22-8-9-23(2)26(18-22)32-14-16-33(17-15-32)27(35)19-30(25-6-4-3-5-7-25)20-28(36)34(29(30)37)21-24-10-12-31-13-11-24/h3-13,18H,14-17,19-21H2,1-2H3. The van der Waals surface area contributed by atoms with E-state index in [1.54, 1.807) is 24.5 Å². The Kier molecular flexibility index (Phi) is 6.78. The van der Waals surface area contributed by atoms with Crippen LogP contribution in [0.4, 0.5) is 5.69 Å². The Bertz CT molecular complexity index is 1300. The van der Waals surface area contributed by atoms with E-state index in [-0.39, 0.29) is 37.1 Å². The molecule has 0 bridgehead atoms. The number of benzene rings is 2. The third kappa shape index (κ3) is 4.86. The van der Waals surface area contributed by atoms with Gasteiger partial charge in [0.05, 0.1) is 12.0 Å². The summed E-state index contributed by atoms with van der Waals surface area (Å²) < 4.78 is 0. The Morgan fingerprint density at radius 3 is 2.32 bits per heavy atom. The fraction of sp³-hybridized carbons (Fsp3) is 0.333. The van der Waals surface area contributed by atoms with E-state index in [0.717, 1.165) is 18.7 Å². The van der Waals surface area contributed by atoms with E-state index < -0.39 is 5.41 Å². The van der Waals surface area contributed by atoms with Gasteiger partial charge in [0.2, 0.25) is 17.7 Å². The van der Waals surface area contributed by atoms with Crippen LogP contribution in [-0.2, 0) is 26.3 Å². The molecule has 5 rings (SSSR count). The van der Waals surface area contributed by atoms with E-state index in [9.17, 15) is 14.4 Å². The number of anilines is 1. The summed E-state index contributed by atoms with van der Waals surface area (Å²) in [4.78, 5) is 50.1. The number of carbonyl (C=O) groups is 3. The Morgan fingerprint density at radius 1 is 0.919 bits per heavy atom. The first kappa shape index (κ1) is 24.7. The van der Waals surface area contributed by atoms with E-state index in [1.807, 2.05) is 35.2 Å². The van der Waals surface area contributed by atoms with Gasteiger partial charge in [0.1, 0.15) is 0 Å². The number of rotatable bonds is 6. The maximum Gasteiger partial charge on any atom is 0.241 e. The van der Waals surface area contributed by atoms with E-state index >= 15 is 0 Å². The Balaban J connectivity index is 1.35. The van der Waals surface area contributed by atoms with E-state index in [0.29, 0.717) is 18.7 Å². The topological polar surface area (TPSA) is 73.8 Å². The van der Waals surface area contributed by atoms with Gasteiger partial charge >= 0.3 is 0 Å². The first-order valence-corrected chi connectivity index (χ1v) is 12.8. The quantitative estimate of drug-likeness (QED) is 0.487. The molecule has 190 valence electrons. The summed E-state index contributed by atoms with van der Waals surface area (Å²) in [5.41, 5.74) is 3.99. The third-order valence-electron chi connectivity index (χ3n) is 7.62. The molecular weight excluding hydrogens is 464 g/mol. The van der Waals surface area contributed by atoms with Crippen LogP contribution in [0.1, 0.15) is 35.1 Å². The minimum absolute atomic E-state index is 0.00484. The molecule has 1 unspecified atom stereocenters. The molecule has 7 heteroatoms. The number of nitrogens with zero attached hydrogens (tertiary/aromatic N) is 4. The summed E-state index contributed by atoms with van der Waals surface area (Å²) in [5.74, 6) is -0.641. The van der Waals surface area contributed by atoms with Gasteiger partial charge in [-0.3, -0.25) is 24.3 Å². The minimum atomic E-state index is -1.19. The maximum atomic E-state index is 13.9. The van der Waals surface area contributed by atoms with Crippen molar-refractivity contribution in [3.05, 3.63) is 95.3 Å². The van der Waals surface area contributed by atoms with Gasteiger partial charge in [0, 0.05) is 57.1 Å². The molecule has 0 spiro atoms. The molecule has 0 N–H and O–H groups in total. The smallest absolute Gasteiger partial charge is 0.241 e. The largest absolute Gasteiger partial charge is 0.368 e. The fourth-order valence-corrected chi connectivity index (χ4v) is 5.48. The number of pyridine rings is 1. The van der Waals surface area contributed by atoms with Gasteiger partial charge in [0.15, 0.2) is 0 Å². The molecule has 0 aliphatic carbocycles. The van der Waals surface area contributed by atoms with Crippen LogP contribution in [0.15, 0.2) is 73.1 Å². The zero-order valence-electron chi connectivity index (χ0n) is 21.4. The Hall–Kier alpha value is -4.00. The van der Waals surface area contributed by atoms with Crippen molar-refractivity contribution in [2.75, 3.05) is 31.1 Å². The second-order valence-corrected chi connectivity index (χ2v) is 10.1. The molecule has 3 amide bonds. The van der Waals surface area contributed by atoms with Crippen LogP contribution < -0.4 is 4.90 Å². The van der Waals surface area contributed by atoms with Gasteiger partial charge in [-0.2, -0.15) is 0 Å². The van der Waals surface area contributed by atoms with Crippen LogP contribution >= 0.6 is 0 Å². The molecule has 0 saturated carbocycles. The minimum Gasteiger partial charge on any atom is -0.368 e. The average Bonchev–Trinajstić information content (AvgIpc) is 3.16. The molecule has 2 fully saturated rings. The van der Waals surface area contributed by atoms with Crippen LogP contribution in [-0.4, -0.2) is 58.7 Å². The second-order valence-electron chi connectivity index (χ2n) is 10.1. The van der Waals surface area contributed by atoms with Gasteiger partial charge in [-0.25, -0.2) is 0 Å². The predicted molar refractivity (Wildman–Crippen MR) is 142 cm³/mol. The first-order chi connectivity index (χ1) is 17.9.